The quantitative estimate of drug-likeness (QED) is 0.249. The number of nitrogens with one attached hydrogen (secondary N) is 4. The van der Waals surface area contributed by atoms with Gasteiger partial charge >= 0.3 is 0 Å². The number of hydrogen-bond donors (Lipinski definition) is 4. The van der Waals surface area contributed by atoms with E-state index in [0.29, 0.717) is 12.7 Å². The standard InChI is InChI=1S/C25H26N4O5/c1-2-22(31)26-15-24(33)29-21(14-19-11-7-4-8-12-19)25(34)27-16-23(32)28-20(17-30)13-18-9-5-3-6-10-18/h1,3-12,17,20-21H,13-16H2,(H,26,31)(H,27,34)(H,28,32)(H,29,33)/t20-,21-/m0/s1. The largest absolute Gasteiger partial charge is 0.345 e. The van der Waals surface area contributed by atoms with Gasteiger partial charge in [-0.3, -0.25) is 19.2 Å². The van der Waals surface area contributed by atoms with Crippen molar-refractivity contribution < 1.29 is 24.0 Å². The summed E-state index contributed by atoms with van der Waals surface area (Å²) < 4.78 is 0. The van der Waals surface area contributed by atoms with Crippen molar-refractivity contribution in [1.82, 2.24) is 21.3 Å². The molecule has 0 unspecified atom stereocenters. The van der Waals surface area contributed by atoms with Gasteiger partial charge < -0.3 is 26.1 Å². The van der Waals surface area contributed by atoms with E-state index in [-0.39, 0.29) is 13.0 Å². The summed E-state index contributed by atoms with van der Waals surface area (Å²) in [4.78, 5) is 59.7. The Morgan fingerprint density at radius 3 is 1.88 bits per heavy atom. The van der Waals surface area contributed by atoms with Gasteiger partial charge in [0.1, 0.15) is 12.3 Å². The number of amides is 4. The first-order valence-corrected chi connectivity index (χ1v) is 10.5. The molecule has 0 saturated heterocycles. The molecule has 34 heavy (non-hydrogen) atoms. The Bertz CT molecular complexity index is 1030. The number of terminal acetylenes is 1. The van der Waals surface area contributed by atoms with Gasteiger partial charge in [0.25, 0.3) is 5.91 Å². The molecule has 0 saturated carbocycles. The van der Waals surface area contributed by atoms with Gasteiger partial charge in [0, 0.05) is 6.42 Å². The van der Waals surface area contributed by atoms with Gasteiger partial charge in [0.2, 0.25) is 17.7 Å². The van der Waals surface area contributed by atoms with E-state index in [2.05, 4.69) is 21.3 Å². The lowest BCUT2D eigenvalue weighted by molar-refractivity contribution is -0.130. The molecule has 0 aliphatic rings. The minimum Gasteiger partial charge on any atom is -0.345 e. The molecular formula is C25H26N4O5. The van der Waals surface area contributed by atoms with Crippen LogP contribution in [-0.2, 0) is 36.8 Å². The van der Waals surface area contributed by atoms with Crippen molar-refractivity contribution in [2.24, 2.45) is 0 Å². The molecule has 2 rings (SSSR count). The average Bonchev–Trinajstić information content (AvgIpc) is 2.86. The lowest BCUT2D eigenvalue weighted by Gasteiger charge is -2.19. The fourth-order valence-corrected chi connectivity index (χ4v) is 3.07. The van der Waals surface area contributed by atoms with E-state index in [4.69, 9.17) is 6.42 Å². The van der Waals surface area contributed by atoms with Crippen LogP contribution in [0.5, 0.6) is 0 Å². The molecule has 9 heteroatoms. The molecule has 176 valence electrons. The summed E-state index contributed by atoms with van der Waals surface area (Å²) >= 11 is 0. The molecule has 4 amide bonds. The monoisotopic (exact) mass is 462 g/mol. The van der Waals surface area contributed by atoms with E-state index in [9.17, 15) is 24.0 Å². The molecule has 0 heterocycles. The number of aldehydes is 1. The van der Waals surface area contributed by atoms with Crippen LogP contribution in [0, 0.1) is 12.3 Å². The van der Waals surface area contributed by atoms with Crippen molar-refractivity contribution in [3.63, 3.8) is 0 Å². The van der Waals surface area contributed by atoms with Crippen LogP contribution in [0.4, 0.5) is 0 Å². The van der Waals surface area contributed by atoms with Crippen LogP contribution in [0.25, 0.3) is 0 Å². The van der Waals surface area contributed by atoms with Gasteiger partial charge in [0.15, 0.2) is 0 Å². The normalized spacial score (nSPS) is 11.7. The molecule has 2 atom stereocenters. The lowest BCUT2D eigenvalue weighted by atomic mass is 10.1. The molecule has 0 spiro atoms. The topological polar surface area (TPSA) is 133 Å². The maximum atomic E-state index is 12.7. The smallest absolute Gasteiger partial charge is 0.296 e. The predicted octanol–water partition coefficient (Wildman–Crippen LogP) is -0.494. The Morgan fingerprint density at radius 2 is 1.32 bits per heavy atom. The Balaban J connectivity index is 1.93. The molecule has 9 nitrogen and oxygen atoms in total. The van der Waals surface area contributed by atoms with E-state index in [1.165, 1.54) is 0 Å². The minimum atomic E-state index is -1.00. The van der Waals surface area contributed by atoms with Crippen molar-refractivity contribution in [2.75, 3.05) is 13.1 Å². The highest BCUT2D eigenvalue weighted by atomic mass is 16.2. The summed E-state index contributed by atoms with van der Waals surface area (Å²) in [6, 6.07) is 16.4. The van der Waals surface area contributed by atoms with Crippen LogP contribution in [0.1, 0.15) is 11.1 Å². The molecule has 0 aliphatic heterocycles. The summed E-state index contributed by atoms with van der Waals surface area (Å²) in [6.45, 7) is -0.782. The third kappa shape index (κ3) is 9.36. The second kappa shape index (κ2) is 13.9. The van der Waals surface area contributed by atoms with Gasteiger partial charge in [-0.1, -0.05) is 60.7 Å². The van der Waals surface area contributed by atoms with Crippen molar-refractivity contribution in [2.45, 2.75) is 24.9 Å². The van der Waals surface area contributed by atoms with Crippen LogP contribution in [0.2, 0.25) is 0 Å². The molecule has 0 fully saturated rings. The third-order valence-corrected chi connectivity index (χ3v) is 4.71. The van der Waals surface area contributed by atoms with Crippen LogP contribution in [0.15, 0.2) is 60.7 Å². The summed E-state index contributed by atoms with van der Waals surface area (Å²) in [5.74, 6) is -0.690. The Kier molecular flexibility index (Phi) is 10.5. The zero-order valence-electron chi connectivity index (χ0n) is 18.5. The van der Waals surface area contributed by atoms with E-state index in [1.807, 2.05) is 42.3 Å². The number of benzene rings is 2. The van der Waals surface area contributed by atoms with E-state index < -0.39 is 42.3 Å². The molecule has 0 aliphatic carbocycles. The van der Waals surface area contributed by atoms with Crippen LogP contribution in [-0.4, -0.2) is 55.1 Å². The van der Waals surface area contributed by atoms with Gasteiger partial charge in [-0.2, -0.15) is 0 Å². The molecule has 4 N–H and O–H groups in total. The number of carbonyl (C=O) groups is 5. The summed E-state index contributed by atoms with van der Waals surface area (Å²) in [6.07, 6.45) is 6.06. The van der Waals surface area contributed by atoms with Crippen molar-refractivity contribution in [3.05, 3.63) is 71.8 Å². The van der Waals surface area contributed by atoms with E-state index in [0.717, 1.165) is 11.1 Å². The Labute approximate surface area is 197 Å². The fourth-order valence-electron chi connectivity index (χ4n) is 3.07. The molecular weight excluding hydrogens is 436 g/mol. The highest BCUT2D eigenvalue weighted by Crippen LogP contribution is 2.04. The first kappa shape index (κ1) is 25.8. The predicted molar refractivity (Wildman–Crippen MR) is 125 cm³/mol. The highest BCUT2D eigenvalue weighted by Gasteiger charge is 2.22. The number of rotatable bonds is 12. The van der Waals surface area contributed by atoms with E-state index in [1.54, 1.807) is 24.3 Å². The highest BCUT2D eigenvalue weighted by molar-refractivity contribution is 5.96. The molecule has 0 bridgehead atoms. The average molecular weight is 463 g/mol. The Hall–Kier alpha value is -4.45. The summed E-state index contributed by atoms with van der Waals surface area (Å²) in [5.41, 5.74) is 1.66. The van der Waals surface area contributed by atoms with Crippen molar-refractivity contribution in [1.29, 1.82) is 0 Å². The second-order valence-electron chi connectivity index (χ2n) is 7.35. The third-order valence-electron chi connectivity index (χ3n) is 4.71. The fraction of sp³-hybridized carbons (Fsp3) is 0.240. The van der Waals surface area contributed by atoms with Gasteiger partial charge in [-0.05, 0) is 23.5 Å². The first-order valence-electron chi connectivity index (χ1n) is 10.5. The molecule has 0 radical (unpaired) electrons. The number of hydrogen-bond acceptors (Lipinski definition) is 5. The zero-order valence-corrected chi connectivity index (χ0v) is 18.5. The zero-order chi connectivity index (χ0) is 24.8. The number of carbonyl (C=O) groups excluding carboxylic acids is 5. The minimum absolute atomic E-state index is 0.161. The maximum Gasteiger partial charge on any atom is 0.296 e. The Morgan fingerprint density at radius 1 is 0.794 bits per heavy atom. The molecule has 0 aromatic heterocycles. The van der Waals surface area contributed by atoms with Gasteiger partial charge in [-0.15, -0.1) is 6.42 Å². The van der Waals surface area contributed by atoms with Crippen molar-refractivity contribution in [3.8, 4) is 12.3 Å². The van der Waals surface area contributed by atoms with Crippen LogP contribution in [0.3, 0.4) is 0 Å². The van der Waals surface area contributed by atoms with Crippen LogP contribution >= 0.6 is 0 Å². The summed E-state index contributed by atoms with van der Waals surface area (Å²) in [7, 11) is 0. The summed E-state index contributed by atoms with van der Waals surface area (Å²) in [5, 5.41) is 9.79. The van der Waals surface area contributed by atoms with Gasteiger partial charge in [-0.25, -0.2) is 0 Å². The second-order valence-corrected chi connectivity index (χ2v) is 7.35. The maximum absolute atomic E-state index is 12.7. The van der Waals surface area contributed by atoms with E-state index >= 15 is 0 Å². The van der Waals surface area contributed by atoms with Crippen molar-refractivity contribution >= 4 is 29.9 Å². The van der Waals surface area contributed by atoms with Gasteiger partial charge in [0.05, 0.1) is 19.1 Å². The molecule has 2 aromatic rings. The first-order chi connectivity index (χ1) is 16.4. The lowest BCUT2D eigenvalue weighted by Crippen LogP contribution is -2.52. The SMILES string of the molecule is C#CC(=O)NCC(=O)N[C@@H](Cc1ccccc1)C(=O)NCC(=O)N[C@H](C=O)Cc1ccccc1. The van der Waals surface area contributed by atoms with Crippen LogP contribution < -0.4 is 21.3 Å². The molecule has 2 aromatic carbocycles.